The average molecular weight is 470 g/mol. The fraction of sp³-hybridized carbons (Fsp3) is 0.650. The maximum atomic E-state index is 12.5. The smallest absolute Gasteiger partial charge is 0.410 e. The summed E-state index contributed by atoms with van der Waals surface area (Å²) in [5.74, 6) is 5.87. The first-order valence-corrected chi connectivity index (χ1v) is 12.8. The van der Waals surface area contributed by atoms with Crippen LogP contribution >= 0.6 is 11.3 Å². The van der Waals surface area contributed by atoms with Crippen LogP contribution in [0.4, 0.5) is 4.79 Å². The Kier molecular flexibility index (Phi) is 7.47. The zero-order chi connectivity index (χ0) is 21.7. The number of morpholine rings is 2. The summed E-state index contributed by atoms with van der Waals surface area (Å²) in [6, 6.07) is 2.06. The third-order valence-corrected chi connectivity index (χ3v) is 8.64. The Morgan fingerprint density at radius 2 is 1.81 bits per heavy atom. The second kappa shape index (κ2) is 10.3. The number of amides is 1. The highest BCUT2D eigenvalue weighted by atomic mass is 32.2. The molecule has 0 saturated carbocycles. The predicted octanol–water partition coefficient (Wildman–Crippen LogP) is 0.415. The number of hydrogen-bond acceptors (Lipinski definition) is 8. The molecule has 0 spiro atoms. The Morgan fingerprint density at radius 3 is 2.52 bits per heavy atom. The van der Waals surface area contributed by atoms with Crippen LogP contribution in [0.15, 0.2) is 11.4 Å². The SMILES string of the molecule is O=C(OCC#Cc1csc(CN2CCOCC2)c1)N1CC(S(=O)(=O)N2CCOCC2)C1. The molecule has 11 heteroatoms. The van der Waals surface area contributed by atoms with Gasteiger partial charge in [0.15, 0.2) is 6.61 Å². The summed E-state index contributed by atoms with van der Waals surface area (Å²) in [4.78, 5) is 17.1. The standard InChI is InChI=1S/C20H27N3O6S2/c24-20(22-14-19(15-22)31(25,26)23-5-10-28-11-6-23)29-7-1-2-17-12-18(30-16-17)13-21-3-8-27-9-4-21/h12,16,19H,3-11,13-15H2. The molecule has 4 rings (SSSR count). The molecule has 3 aliphatic heterocycles. The molecule has 0 aliphatic carbocycles. The lowest BCUT2D eigenvalue weighted by molar-refractivity contribution is 0.0346. The van der Waals surface area contributed by atoms with Gasteiger partial charge in [0.1, 0.15) is 5.25 Å². The minimum atomic E-state index is -3.39. The molecule has 0 N–H and O–H groups in total. The van der Waals surface area contributed by atoms with Gasteiger partial charge in [0.2, 0.25) is 10.0 Å². The quantitative estimate of drug-likeness (QED) is 0.578. The van der Waals surface area contributed by atoms with Crippen molar-refractivity contribution < 1.29 is 27.4 Å². The maximum Gasteiger partial charge on any atom is 0.410 e. The highest BCUT2D eigenvalue weighted by Crippen LogP contribution is 2.21. The summed E-state index contributed by atoms with van der Waals surface area (Å²) < 4.78 is 42.3. The van der Waals surface area contributed by atoms with Gasteiger partial charge in [-0.1, -0.05) is 11.8 Å². The van der Waals surface area contributed by atoms with E-state index in [0.29, 0.717) is 26.3 Å². The first kappa shape index (κ1) is 22.5. The Bertz CT molecular complexity index is 920. The molecule has 3 saturated heterocycles. The summed E-state index contributed by atoms with van der Waals surface area (Å²) in [5, 5.41) is 1.43. The number of carbonyl (C=O) groups excluding carboxylic acids is 1. The van der Waals surface area contributed by atoms with Gasteiger partial charge in [-0.2, -0.15) is 4.31 Å². The van der Waals surface area contributed by atoms with Crippen molar-refractivity contribution in [1.82, 2.24) is 14.1 Å². The van der Waals surface area contributed by atoms with Crippen LogP contribution in [0, 0.1) is 11.8 Å². The van der Waals surface area contributed by atoms with Gasteiger partial charge >= 0.3 is 6.09 Å². The van der Waals surface area contributed by atoms with E-state index in [2.05, 4.69) is 22.8 Å². The third-order valence-electron chi connectivity index (χ3n) is 5.49. The van der Waals surface area contributed by atoms with E-state index in [0.717, 1.165) is 38.4 Å². The third kappa shape index (κ3) is 5.77. The van der Waals surface area contributed by atoms with E-state index in [4.69, 9.17) is 14.2 Å². The largest absolute Gasteiger partial charge is 0.436 e. The molecule has 31 heavy (non-hydrogen) atoms. The van der Waals surface area contributed by atoms with Crippen molar-refractivity contribution >= 4 is 27.5 Å². The monoisotopic (exact) mass is 469 g/mol. The molecule has 0 bridgehead atoms. The van der Waals surface area contributed by atoms with Crippen molar-refractivity contribution in [1.29, 1.82) is 0 Å². The fourth-order valence-electron chi connectivity index (χ4n) is 3.62. The zero-order valence-electron chi connectivity index (χ0n) is 17.3. The van der Waals surface area contributed by atoms with Crippen LogP contribution in [0.25, 0.3) is 0 Å². The average Bonchev–Trinajstić information content (AvgIpc) is 3.18. The number of sulfonamides is 1. The number of thiophene rings is 1. The molecule has 3 fully saturated rings. The lowest BCUT2D eigenvalue weighted by atomic mass is 10.2. The Morgan fingerprint density at radius 1 is 1.13 bits per heavy atom. The van der Waals surface area contributed by atoms with Crippen LogP contribution in [0.5, 0.6) is 0 Å². The molecule has 4 heterocycles. The molecule has 0 aromatic carbocycles. The lowest BCUT2D eigenvalue weighted by Gasteiger charge is -2.40. The van der Waals surface area contributed by atoms with Crippen molar-refractivity contribution in [2.45, 2.75) is 11.8 Å². The first-order valence-electron chi connectivity index (χ1n) is 10.4. The van der Waals surface area contributed by atoms with Crippen molar-refractivity contribution in [3.05, 3.63) is 21.9 Å². The molecule has 0 unspecified atom stereocenters. The van der Waals surface area contributed by atoms with Gasteiger partial charge in [0.05, 0.1) is 26.4 Å². The summed E-state index contributed by atoms with van der Waals surface area (Å²) in [7, 11) is -3.39. The van der Waals surface area contributed by atoms with Crippen LogP contribution in [0.3, 0.4) is 0 Å². The van der Waals surface area contributed by atoms with Crippen LogP contribution in [0.2, 0.25) is 0 Å². The van der Waals surface area contributed by atoms with E-state index in [1.807, 2.05) is 5.38 Å². The van der Waals surface area contributed by atoms with Crippen LogP contribution in [0.1, 0.15) is 10.4 Å². The minimum Gasteiger partial charge on any atom is -0.436 e. The molecular formula is C20H27N3O6S2. The summed E-state index contributed by atoms with van der Waals surface area (Å²) in [5.41, 5.74) is 0.907. The van der Waals surface area contributed by atoms with E-state index in [1.165, 1.54) is 14.1 Å². The zero-order valence-corrected chi connectivity index (χ0v) is 19.0. The molecule has 3 aliphatic rings. The second-order valence-corrected chi connectivity index (χ2v) is 10.8. The fourth-order valence-corrected chi connectivity index (χ4v) is 6.30. The van der Waals surface area contributed by atoms with Crippen molar-refractivity contribution in [2.75, 3.05) is 72.3 Å². The van der Waals surface area contributed by atoms with Crippen LogP contribution in [-0.2, 0) is 30.8 Å². The highest BCUT2D eigenvalue weighted by molar-refractivity contribution is 7.89. The number of likely N-dealkylation sites (tertiary alicyclic amines) is 1. The molecule has 1 aromatic heterocycles. The number of nitrogens with zero attached hydrogens (tertiary/aromatic N) is 3. The Labute approximate surface area is 186 Å². The molecule has 9 nitrogen and oxygen atoms in total. The second-order valence-electron chi connectivity index (χ2n) is 7.63. The number of carbonyl (C=O) groups is 1. The van der Waals surface area contributed by atoms with Crippen LogP contribution in [-0.4, -0.2) is 106 Å². The van der Waals surface area contributed by atoms with Crippen LogP contribution < -0.4 is 0 Å². The van der Waals surface area contributed by atoms with E-state index in [-0.39, 0.29) is 19.7 Å². The van der Waals surface area contributed by atoms with Gasteiger partial charge in [0, 0.05) is 61.6 Å². The molecule has 1 aromatic rings. The topological polar surface area (TPSA) is 88.6 Å². The minimum absolute atomic E-state index is 0.0230. The summed E-state index contributed by atoms with van der Waals surface area (Å²) in [6.45, 7) is 6.19. The predicted molar refractivity (Wildman–Crippen MR) is 115 cm³/mol. The lowest BCUT2D eigenvalue weighted by Crippen LogP contribution is -2.61. The van der Waals surface area contributed by atoms with Crippen molar-refractivity contribution in [2.24, 2.45) is 0 Å². The van der Waals surface area contributed by atoms with Crippen molar-refractivity contribution in [3.63, 3.8) is 0 Å². The summed E-state index contributed by atoms with van der Waals surface area (Å²) >= 11 is 1.67. The molecule has 0 atom stereocenters. The van der Waals surface area contributed by atoms with Gasteiger partial charge in [-0.05, 0) is 6.07 Å². The van der Waals surface area contributed by atoms with Gasteiger partial charge in [-0.15, -0.1) is 11.3 Å². The Hall–Kier alpha value is -1.68. The first-order chi connectivity index (χ1) is 15.0. The van der Waals surface area contributed by atoms with Gasteiger partial charge < -0.3 is 19.1 Å². The summed E-state index contributed by atoms with van der Waals surface area (Å²) in [6.07, 6.45) is -0.527. The van der Waals surface area contributed by atoms with Gasteiger partial charge in [-0.3, -0.25) is 4.90 Å². The molecular weight excluding hydrogens is 442 g/mol. The molecule has 1 amide bonds. The van der Waals surface area contributed by atoms with E-state index >= 15 is 0 Å². The van der Waals surface area contributed by atoms with Gasteiger partial charge in [-0.25, -0.2) is 13.2 Å². The number of rotatable bonds is 5. The number of ether oxygens (including phenoxy) is 3. The Balaban J connectivity index is 1.17. The normalized spacial score (nSPS) is 21.2. The van der Waals surface area contributed by atoms with E-state index in [1.54, 1.807) is 11.3 Å². The van der Waals surface area contributed by atoms with Crippen molar-refractivity contribution in [3.8, 4) is 11.8 Å². The highest BCUT2D eigenvalue weighted by Gasteiger charge is 2.43. The molecule has 170 valence electrons. The maximum absolute atomic E-state index is 12.5. The van der Waals surface area contributed by atoms with E-state index in [9.17, 15) is 13.2 Å². The number of hydrogen-bond donors (Lipinski definition) is 0. The van der Waals surface area contributed by atoms with E-state index < -0.39 is 21.4 Å². The van der Waals surface area contributed by atoms with Gasteiger partial charge in [0.25, 0.3) is 0 Å². The molecule has 0 radical (unpaired) electrons.